The summed E-state index contributed by atoms with van der Waals surface area (Å²) in [7, 11) is 0. The van der Waals surface area contributed by atoms with Crippen LogP contribution in [0, 0.1) is 0 Å². The van der Waals surface area contributed by atoms with Crippen molar-refractivity contribution in [3.63, 3.8) is 0 Å². The summed E-state index contributed by atoms with van der Waals surface area (Å²) in [5.41, 5.74) is 0.703. The minimum Gasteiger partial charge on any atom is -0.394 e. The van der Waals surface area contributed by atoms with Gasteiger partial charge in [-0.1, -0.05) is 30.3 Å². The van der Waals surface area contributed by atoms with E-state index >= 15 is 0 Å². The molecule has 0 spiro atoms. The van der Waals surface area contributed by atoms with Gasteiger partial charge in [0.1, 0.15) is 73.2 Å². The van der Waals surface area contributed by atoms with E-state index in [4.69, 9.17) is 28.4 Å². The van der Waals surface area contributed by atoms with E-state index in [-0.39, 0.29) is 6.61 Å². The van der Waals surface area contributed by atoms with Crippen LogP contribution in [0.15, 0.2) is 30.3 Å². The molecule has 0 saturated carbocycles. The summed E-state index contributed by atoms with van der Waals surface area (Å²) >= 11 is 0. The van der Waals surface area contributed by atoms with Crippen molar-refractivity contribution in [2.45, 2.75) is 98.7 Å². The molecule has 0 aromatic heterocycles. The van der Waals surface area contributed by atoms with Crippen LogP contribution in [0.3, 0.4) is 0 Å². The van der Waals surface area contributed by atoms with E-state index < -0.39 is 112 Å². The van der Waals surface area contributed by atoms with Gasteiger partial charge in [0.15, 0.2) is 18.9 Å². The Labute approximate surface area is 234 Å². The molecule has 0 radical (unpaired) electrons. The van der Waals surface area contributed by atoms with Crippen LogP contribution in [-0.2, 0) is 35.0 Å². The van der Waals surface area contributed by atoms with Crippen molar-refractivity contribution in [2.24, 2.45) is 0 Å². The topological polar surface area (TPSA) is 258 Å². The fourth-order valence-corrected chi connectivity index (χ4v) is 4.87. The number of aliphatic hydroxyl groups is 10. The Bertz CT molecular complexity index is 922. The van der Waals surface area contributed by atoms with Gasteiger partial charge in [0, 0.05) is 0 Å². The van der Waals surface area contributed by atoms with E-state index in [2.05, 4.69) is 0 Å². The van der Waals surface area contributed by atoms with Crippen LogP contribution < -0.4 is 0 Å². The van der Waals surface area contributed by atoms with Gasteiger partial charge in [0.05, 0.1) is 26.4 Å². The molecule has 4 rings (SSSR count). The average molecular weight is 595 g/mol. The van der Waals surface area contributed by atoms with Gasteiger partial charge in [0.2, 0.25) is 0 Å². The highest BCUT2D eigenvalue weighted by atomic mass is 16.7. The second kappa shape index (κ2) is 14.4. The van der Waals surface area contributed by atoms with Crippen LogP contribution >= 0.6 is 0 Å². The molecule has 0 aliphatic carbocycles. The summed E-state index contributed by atoms with van der Waals surface area (Å²) in [4.78, 5) is 0. The average Bonchev–Trinajstić information content (AvgIpc) is 2.98. The smallest absolute Gasteiger partial charge is 0.187 e. The van der Waals surface area contributed by atoms with Crippen molar-refractivity contribution < 1.29 is 79.5 Å². The van der Waals surface area contributed by atoms with Crippen LogP contribution in [-0.4, -0.2) is 163 Å². The molecule has 1 aromatic rings. The van der Waals surface area contributed by atoms with E-state index in [1.54, 1.807) is 30.3 Å². The minimum absolute atomic E-state index is 0.0563. The molecule has 15 atom stereocenters. The molecule has 0 amide bonds. The Morgan fingerprint density at radius 1 is 0.561 bits per heavy atom. The number of hydrogen-bond donors (Lipinski definition) is 10. The third-order valence-electron chi connectivity index (χ3n) is 7.33. The summed E-state index contributed by atoms with van der Waals surface area (Å²) in [6.07, 6.45) is -23.8. The minimum atomic E-state index is -1.82. The molecule has 0 unspecified atom stereocenters. The van der Waals surface area contributed by atoms with E-state index in [1.807, 2.05) is 0 Å². The standard InChI is InChI=1S/C25H38O16/c26-6-11-14(28)17(31)19(33)24(39-11)37-9-13-16(30)21(41-25-20(34)18(32)15(29)12(7-27)40-25)22(23(35)38-13)36-8-10-4-2-1-3-5-10/h1-5,11-35H,6-9H2/t11-,12-,13-,14-,15-,16-,17+,18+,19+,20+,21+,22+,23+,24+,25-/m1/s1. The van der Waals surface area contributed by atoms with Crippen molar-refractivity contribution in [3.05, 3.63) is 35.9 Å². The highest BCUT2D eigenvalue weighted by molar-refractivity contribution is 5.13. The third kappa shape index (κ3) is 7.22. The molecule has 16 nitrogen and oxygen atoms in total. The largest absolute Gasteiger partial charge is 0.394 e. The van der Waals surface area contributed by atoms with E-state index in [1.165, 1.54) is 0 Å². The molecule has 3 heterocycles. The molecule has 3 saturated heterocycles. The normalized spacial score (nSPS) is 45.5. The summed E-state index contributed by atoms with van der Waals surface area (Å²) in [5, 5.41) is 102. The number of rotatable bonds is 10. The van der Waals surface area contributed by atoms with Gasteiger partial charge in [-0.2, -0.15) is 0 Å². The van der Waals surface area contributed by atoms with Gasteiger partial charge in [-0.15, -0.1) is 0 Å². The lowest BCUT2D eigenvalue weighted by Gasteiger charge is -2.46. The van der Waals surface area contributed by atoms with Crippen LogP contribution in [0.25, 0.3) is 0 Å². The first kappa shape index (κ1) is 32.5. The molecule has 1 aromatic carbocycles. The van der Waals surface area contributed by atoms with Crippen LogP contribution in [0.2, 0.25) is 0 Å². The predicted octanol–water partition coefficient (Wildman–Crippen LogP) is -5.35. The maximum absolute atomic E-state index is 11.2. The lowest BCUT2D eigenvalue weighted by atomic mass is 9.96. The Hall–Kier alpha value is -1.42. The summed E-state index contributed by atoms with van der Waals surface area (Å²) in [5.74, 6) is 0. The SMILES string of the molecule is OC[C@H]1O[C@H](OC[C@H]2O[C@H](O)[C@@H](OCc3ccccc3)[C@@H](O[C@H]3O[C@H](CO)[C@@H](O)[C@H](O)[C@@H]3O)[C@@H]2O)[C@@H](O)[C@@H](O)[C@@H]1O. The van der Waals surface area contributed by atoms with E-state index in [0.717, 1.165) is 0 Å². The molecule has 3 aliphatic heterocycles. The Kier molecular flexibility index (Phi) is 11.4. The van der Waals surface area contributed by atoms with Crippen molar-refractivity contribution in [1.29, 1.82) is 0 Å². The van der Waals surface area contributed by atoms with Gasteiger partial charge in [-0.25, -0.2) is 0 Å². The summed E-state index contributed by atoms with van der Waals surface area (Å²) < 4.78 is 33.2. The fraction of sp³-hybridized carbons (Fsp3) is 0.760. The maximum Gasteiger partial charge on any atom is 0.187 e. The molecular formula is C25H38O16. The molecule has 3 fully saturated rings. The first-order valence-corrected chi connectivity index (χ1v) is 13.1. The zero-order chi connectivity index (χ0) is 29.8. The van der Waals surface area contributed by atoms with Crippen LogP contribution in [0.1, 0.15) is 5.56 Å². The Morgan fingerprint density at radius 3 is 1.71 bits per heavy atom. The second-order valence-corrected chi connectivity index (χ2v) is 10.1. The van der Waals surface area contributed by atoms with E-state index in [0.29, 0.717) is 5.56 Å². The first-order valence-electron chi connectivity index (χ1n) is 13.1. The summed E-state index contributed by atoms with van der Waals surface area (Å²) in [6.45, 7) is -2.05. The number of aliphatic hydroxyl groups excluding tert-OH is 10. The van der Waals surface area contributed by atoms with Gasteiger partial charge in [-0.05, 0) is 5.56 Å². The Morgan fingerprint density at radius 2 is 1.12 bits per heavy atom. The van der Waals surface area contributed by atoms with E-state index in [9.17, 15) is 51.1 Å². The molecule has 234 valence electrons. The molecule has 3 aliphatic rings. The number of ether oxygens (including phenoxy) is 6. The van der Waals surface area contributed by atoms with Gasteiger partial charge in [-0.3, -0.25) is 0 Å². The fourth-order valence-electron chi connectivity index (χ4n) is 4.87. The second-order valence-electron chi connectivity index (χ2n) is 10.1. The van der Waals surface area contributed by atoms with Crippen molar-refractivity contribution >= 4 is 0 Å². The van der Waals surface area contributed by atoms with Crippen molar-refractivity contribution in [2.75, 3.05) is 19.8 Å². The highest BCUT2D eigenvalue weighted by Gasteiger charge is 2.52. The van der Waals surface area contributed by atoms with Crippen molar-refractivity contribution in [3.8, 4) is 0 Å². The Balaban J connectivity index is 1.50. The molecule has 10 N–H and O–H groups in total. The highest BCUT2D eigenvalue weighted by Crippen LogP contribution is 2.31. The zero-order valence-electron chi connectivity index (χ0n) is 21.8. The summed E-state index contributed by atoms with van der Waals surface area (Å²) in [6, 6.07) is 8.80. The molecule has 16 heteroatoms. The molecular weight excluding hydrogens is 556 g/mol. The quantitative estimate of drug-likeness (QED) is 0.121. The van der Waals surface area contributed by atoms with Crippen LogP contribution in [0.5, 0.6) is 0 Å². The first-order chi connectivity index (χ1) is 19.6. The molecule has 41 heavy (non-hydrogen) atoms. The zero-order valence-corrected chi connectivity index (χ0v) is 21.8. The third-order valence-corrected chi connectivity index (χ3v) is 7.33. The molecule has 0 bridgehead atoms. The van der Waals surface area contributed by atoms with Crippen LogP contribution in [0.4, 0.5) is 0 Å². The van der Waals surface area contributed by atoms with Crippen molar-refractivity contribution in [1.82, 2.24) is 0 Å². The van der Waals surface area contributed by atoms with Gasteiger partial charge < -0.3 is 79.5 Å². The lowest BCUT2D eigenvalue weighted by molar-refractivity contribution is -0.366. The maximum atomic E-state index is 11.2. The monoisotopic (exact) mass is 594 g/mol. The van der Waals surface area contributed by atoms with Gasteiger partial charge in [0.25, 0.3) is 0 Å². The number of hydrogen-bond acceptors (Lipinski definition) is 16. The van der Waals surface area contributed by atoms with Gasteiger partial charge >= 0.3 is 0 Å². The number of benzene rings is 1. The predicted molar refractivity (Wildman–Crippen MR) is 130 cm³/mol. The lowest BCUT2D eigenvalue weighted by Crippen LogP contribution is -2.65.